The molecule has 0 saturated heterocycles. The fourth-order valence-electron chi connectivity index (χ4n) is 2.66. The number of guanidine groups is 1. The molecule has 25 heavy (non-hydrogen) atoms. The first-order chi connectivity index (χ1) is 12.2. The maximum absolute atomic E-state index is 4.35. The van der Waals surface area contributed by atoms with Gasteiger partial charge in [0.15, 0.2) is 11.8 Å². The average Bonchev–Trinajstić information content (AvgIpc) is 3.17. The Morgan fingerprint density at radius 3 is 2.88 bits per heavy atom. The van der Waals surface area contributed by atoms with Crippen molar-refractivity contribution in [3.8, 4) is 5.82 Å². The van der Waals surface area contributed by atoms with Crippen LogP contribution in [0.1, 0.15) is 51.5 Å². The zero-order chi connectivity index (χ0) is 17.9. The van der Waals surface area contributed by atoms with Crippen LogP contribution in [0.2, 0.25) is 0 Å². The number of hydrogen-bond donors (Lipinski definition) is 2. The van der Waals surface area contributed by atoms with Crippen molar-refractivity contribution < 1.29 is 0 Å². The fourth-order valence-corrected chi connectivity index (χ4v) is 2.66. The minimum absolute atomic E-state index is 0.417. The van der Waals surface area contributed by atoms with Gasteiger partial charge in [0.2, 0.25) is 0 Å². The molecule has 2 rings (SSSR count). The van der Waals surface area contributed by atoms with Gasteiger partial charge in [0.1, 0.15) is 0 Å². The highest BCUT2D eigenvalue weighted by atomic mass is 15.3. The summed E-state index contributed by atoms with van der Waals surface area (Å²) in [6, 6.07) is 6.34. The summed E-state index contributed by atoms with van der Waals surface area (Å²) in [5, 5.41) is 11.1. The molecule has 2 N–H and O–H groups in total. The van der Waals surface area contributed by atoms with E-state index in [1.165, 1.54) is 32.1 Å². The van der Waals surface area contributed by atoms with Gasteiger partial charge < -0.3 is 10.6 Å². The molecule has 0 amide bonds. The van der Waals surface area contributed by atoms with E-state index in [0.717, 1.165) is 17.3 Å². The minimum Gasteiger partial charge on any atom is -0.354 e. The zero-order valence-corrected chi connectivity index (χ0v) is 15.6. The molecule has 2 heterocycles. The van der Waals surface area contributed by atoms with Crippen molar-refractivity contribution in [2.45, 2.75) is 58.5 Å². The van der Waals surface area contributed by atoms with Crippen LogP contribution in [0.4, 0.5) is 0 Å². The lowest BCUT2D eigenvalue weighted by Gasteiger charge is -2.18. The molecule has 0 saturated carbocycles. The van der Waals surface area contributed by atoms with E-state index >= 15 is 0 Å². The molecule has 2 aromatic heterocycles. The predicted octanol–water partition coefficient (Wildman–Crippen LogP) is 3.29. The summed E-state index contributed by atoms with van der Waals surface area (Å²) >= 11 is 0. The molecule has 0 aliphatic heterocycles. The first-order valence-corrected chi connectivity index (χ1v) is 9.15. The van der Waals surface area contributed by atoms with E-state index in [1.54, 1.807) is 24.1 Å². The highest BCUT2D eigenvalue weighted by Gasteiger charge is 2.06. The molecular weight excluding hydrogens is 312 g/mol. The van der Waals surface area contributed by atoms with Crippen molar-refractivity contribution in [1.29, 1.82) is 0 Å². The Bertz CT molecular complexity index is 635. The quantitative estimate of drug-likeness (QED) is 0.417. The summed E-state index contributed by atoms with van der Waals surface area (Å²) < 4.78 is 1.76. The fraction of sp³-hybridized carbons (Fsp3) is 0.526. The van der Waals surface area contributed by atoms with E-state index in [0.29, 0.717) is 12.6 Å². The maximum atomic E-state index is 4.35. The summed E-state index contributed by atoms with van der Waals surface area (Å²) in [5.74, 6) is 1.65. The lowest BCUT2D eigenvalue weighted by Crippen LogP contribution is -2.41. The third-order valence-electron chi connectivity index (χ3n) is 4.11. The number of hydrogen-bond acceptors (Lipinski definition) is 3. The number of aromatic nitrogens is 3. The smallest absolute Gasteiger partial charge is 0.191 e. The van der Waals surface area contributed by atoms with E-state index < -0.39 is 0 Å². The summed E-state index contributed by atoms with van der Waals surface area (Å²) in [6.45, 7) is 5.14. The van der Waals surface area contributed by atoms with Gasteiger partial charge in [-0.2, -0.15) is 5.10 Å². The van der Waals surface area contributed by atoms with Crippen molar-refractivity contribution in [1.82, 2.24) is 25.4 Å². The van der Waals surface area contributed by atoms with Crippen LogP contribution in [-0.2, 0) is 6.54 Å². The summed E-state index contributed by atoms with van der Waals surface area (Å²) in [7, 11) is 1.81. The van der Waals surface area contributed by atoms with Crippen molar-refractivity contribution in [3.05, 3.63) is 42.4 Å². The lowest BCUT2D eigenvalue weighted by molar-refractivity contribution is 0.537. The third kappa shape index (κ3) is 6.57. The monoisotopic (exact) mass is 342 g/mol. The normalized spacial score (nSPS) is 12.8. The van der Waals surface area contributed by atoms with Crippen LogP contribution in [0.15, 0.2) is 41.8 Å². The van der Waals surface area contributed by atoms with Crippen LogP contribution in [0.5, 0.6) is 0 Å². The topological polar surface area (TPSA) is 67.1 Å². The minimum atomic E-state index is 0.417. The van der Waals surface area contributed by atoms with Crippen LogP contribution in [0.3, 0.4) is 0 Å². The first kappa shape index (κ1) is 19.0. The summed E-state index contributed by atoms with van der Waals surface area (Å²) in [5.41, 5.74) is 1.14. The van der Waals surface area contributed by atoms with Gasteiger partial charge in [-0.3, -0.25) is 4.99 Å². The largest absolute Gasteiger partial charge is 0.354 e. The second-order valence-electron chi connectivity index (χ2n) is 6.29. The molecule has 0 spiro atoms. The van der Waals surface area contributed by atoms with Gasteiger partial charge in [0, 0.05) is 38.2 Å². The Morgan fingerprint density at radius 1 is 1.28 bits per heavy atom. The SMILES string of the molecule is CCCCCCC(C)NC(=NC)NCc1ccnc(-n2cccn2)c1. The van der Waals surface area contributed by atoms with Crippen LogP contribution in [0, 0.1) is 0 Å². The van der Waals surface area contributed by atoms with Gasteiger partial charge in [-0.05, 0) is 37.1 Å². The number of aliphatic imine (C=N–C) groups is 1. The zero-order valence-electron chi connectivity index (χ0n) is 15.6. The second kappa shape index (κ2) is 10.5. The molecule has 136 valence electrons. The average molecular weight is 342 g/mol. The summed E-state index contributed by atoms with van der Waals surface area (Å²) in [6.07, 6.45) is 11.8. The van der Waals surface area contributed by atoms with Gasteiger partial charge in [-0.15, -0.1) is 0 Å². The number of rotatable bonds is 9. The molecule has 0 bridgehead atoms. The van der Waals surface area contributed by atoms with Crippen LogP contribution < -0.4 is 10.6 Å². The molecule has 0 aromatic carbocycles. The van der Waals surface area contributed by atoms with E-state index in [2.05, 4.69) is 39.6 Å². The van der Waals surface area contributed by atoms with E-state index in [9.17, 15) is 0 Å². The van der Waals surface area contributed by atoms with Crippen molar-refractivity contribution >= 4 is 5.96 Å². The molecule has 1 unspecified atom stereocenters. The Kier molecular flexibility index (Phi) is 7.95. The number of nitrogens with zero attached hydrogens (tertiary/aromatic N) is 4. The second-order valence-corrected chi connectivity index (χ2v) is 6.29. The number of unbranched alkanes of at least 4 members (excludes halogenated alkanes) is 3. The van der Waals surface area contributed by atoms with Gasteiger partial charge >= 0.3 is 0 Å². The van der Waals surface area contributed by atoms with Crippen LogP contribution >= 0.6 is 0 Å². The van der Waals surface area contributed by atoms with Crippen molar-refractivity contribution in [3.63, 3.8) is 0 Å². The molecule has 6 heteroatoms. The summed E-state index contributed by atoms with van der Waals surface area (Å²) in [4.78, 5) is 8.67. The third-order valence-corrected chi connectivity index (χ3v) is 4.11. The van der Waals surface area contributed by atoms with Crippen molar-refractivity contribution in [2.75, 3.05) is 7.05 Å². The molecule has 2 aromatic rings. The molecule has 0 radical (unpaired) electrons. The first-order valence-electron chi connectivity index (χ1n) is 9.15. The Hall–Kier alpha value is -2.37. The molecule has 0 fully saturated rings. The Morgan fingerprint density at radius 2 is 2.16 bits per heavy atom. The van der Waals surface area contributed by atoms with E-state index in [-0.39, 0.29) is 0 Å². The molecule has 0 aliphatic carbocycles. The molecule has 0 aliphatic rings. The predicted molar refractivity (Wildman–Crippen MR) is 103 cm³/mol. The highest BCUT2D eigenvalue weighted by Crippen LogP contribution is 2.07. The van der Waals surface area contributed by atoms with Gasteiger partial charge in [-0.25, -0.2) is 9.67 Å². The highest BCUT2D eigenvalue weighted by molar-refractivity contribution is 5.79. The lowest BCUT2D eigenvalue weighted by atomic mass is 10.1. The molecule has 1 atom stereocenters. The van der Waals surface area contributed by atoms with Gasteiger partial charge in [-0.1, -0.05) is 32.6 Å². The Labute approximate surface area is 150 Å². The maximum Gasteiger partial charge on any atom is 0.191 e. The van der Waals surface area contributed by atoms with Crippen LogP contribution in [-0.4, -0.2) is 33.8 Å². The van der Waals surface area contributed by atoms with E-state index in [1.807, 2.05) is 24.4 Å². The van der Waals surface area contributed by atoms with E-state index in [4.69, 9.17) is 0 Å². The molecule has 6 nitrogen and oxygen atoms in total. The van der Waals surface area contributed by atoms with Crippen molar-refractivity contribution in [2.24, 2.45) is 4.99 Å². The number of pyridine rings is 1. The van der Waals surface area contributed by atoms with Gasteiger partial charge in [0.25, 0.3) is 0 Å². The van der Waals surface area contributed by atoms with Crippen LogP contribution in [0.25, 0.3) is 5.82 Å². The standard InChI is InChI=1S/C19H30N6/c1-4-5-6-7-9-16(2)24-19(20-3)22-15-17-10-12-21-18(14-17)25-13-8-11-23-25/h8,10-14,16H,4-7,9,15H2,1-3H3,(H2,20,22,24). The Balaban J connectivity index is 1.81. The van der Waals surface area contributed by atoms with Gasteiger partial charge in [0.05, 0.1) is 0 Å². The number of nitrogens with one attached hydrogen (secondary N) is 2. The molecular formula is C19H30N6.